The van der Waals surface area contributed by atoms with Crippen molar-refractivity contribution in [3.05, 3.63) is 52.7 Å². The molecule has 2 aromatic rings. The van der Waals surface area contributed by atoms with Crippen molar-refractivity contribution in [3.8, 4) is 0 Å². The number of benzene rings is 1. The molecule has 5 nitrogen and oxygen atoms in total. The number of hydrogen-bond donors (Lipinski definition) is 3. The summed E-state index contributed by atoms with van der Waals surface area (Å²) in [7, 11) is 0. The third-order valence-corrected chi connectivity index (χ3v) is 3.65. The Bertz CT molecular complexity index is 672. The molecule has 0 spiro atoms. The fraction of sp³-hybridized carbons (Fsp3) is 0.143. The topological polar surface area (TPSA) is 78.4 Å². The molecule has 2 amide bonds. The molecule has 110 valence electrons. The van der Waals surface area contributed by atoms with E-state index in [1.165, 1.54) is 18.2 Å². The summed E-state index contributed by atoms with van der Waals surface area (Å²) in [4.78, 5) is 22.8. The second-order valence-corrected chi connectivity index (χ2v) is 5.26. The fourth-order valence-electron chi connectivity index (χ4n) is 1.77. The highest BCUT2D eigenvalue weighted by molar-refractivity contribution is 7.14. The molecule has 0 aliphatic rings. The highest BCUT2D eigenvalue weighted by Gasteiger charge is 2.15. The Morgan fingerprint density at radius 1 is 1.33 bits per heavy atom. The minimum Gasteiger partial charge on any atom is -0.478 e. The quantitative estimate of drug-likeness (QED) is 0.809. The van der Waals surface area contributed by atoms with Crippen LogP contribution in [0.15, 0.2) is 35.7 Å². The Balaban J connectivity index is 2.01. The minimum atomic E-state index is -1.11. The Labute approximate surface area is 124 Å². The van der Waals surface area contributed by atoms with Crippen molar-refractivity contribution < 1.29 is 19.1 Å². The van der Waals surface area contributed by atoms with Gasteiger partial charge < -0.3 is 10.4 Å². The van der Waals surface area contributed by atoms with E-state index < -0.39 is 18.0 Å². The van der Waals surface area contributed by atoms with Gasteiger partial charge in [0.2, 0.25) is 0 Å². The fourth-order valence-corrected chi connectivity index (χ4v) is 2.54. The summed E-state index contributed by atoms with van der Waals surface area (Å²) < 4.78 is 13.1. The van der Waals surface area contributed by atoms with Crippen LogP contribution in [0.25, 0.3) is 0 Å². The molecule has 1 heterocycles. The molecule has 2 rings (SSSR count). The second kappa shape index (κ2) is 6.36. The van der Waals surface area contributed by atoms with Gasteiger partial charge in [0.15, 0.2) is 0 Å². The van der Waals surface area contributed by atoms with Gasteiger partial charge in [0, 0.05) is 0 Å². The van der Waals surface area contributed by atoms with Crippen molar-refractivity contribution in [1.82, 2.24) is 5.32 Å². The second-order valence-electron chi connectivity index (χ2n) is 4.34. The summed E-state index contributed by atoms with van der Waals surface area (Å²) in [5.41, 5.74) is 0.656. The van der Waals surface area contributed by atoms with E-state index in [4.69, 9.17) is 5.11 Å². The Kier molecular flexibility index (Phi) is 4.54. The number of halogens is 1. The van der Waals surface area contributed by atoms with Crippen molar-refractivity contribution in [2.24, 2.45) is 0 Å². The zero-order valence-electron chi connectivity index (χ0n) is 11.1. The Morgan fingerprint density at radius 2 is 2.10 bits per heavy atom. The first-order chi connectivity index (χ1) is 9.97. The summed E-state index contributed by atoms with van der Waals surface area (Å²) in [6.07, 6.45) is 0. The van der Waals surface area contributed by atoms with Crippen LogP contribution < -0.4 is 10.6 Å². The van der Waals surface area contributed by atoms with Crippen molar-refractivity contribution in [2.45, 2.75) is 13.0 Å². The maximum Gasteiger partial charge on any atom is 0.338 e. The summed E-state index contributed by atoms with van der Waals surface area (Å²) in [6.45, 7) is 1.71. The van der Waals surface area contributed by atoms with E-state index in [1.54, 1.807) is 24.4 Å². The molecule has 0 aliphatic carbocycles. The first-order valence-electron chi connectivity index (χ1n) is 6.11. The van der Waals surface area contributed by atoms with Gasteiger partial charge in [-0.2, -0.15) is 0 Å². The van der Waals surface area contributed by atoms with Crippen LogP contribution in [0.1, 0.15) is 28.9 Å². The van der Waals surface area contributed by atoms with Crippen LogP contribution in [-0.2, 0) is 0 Å². The lowest BCUT2D eigenvalue weighted by Gasteiger charge is -2.14. The average molecular weight is 308 g/mol. The molecule has 21 heavy (non-hydrogen) atoms. The molecular weight excluding hydrogens is 295 g/mol. The van der Waals surface area contributed by atoms with Gasteiger partial charge >= 0.3 is 12.0 Å². The van der Waals surface area contributed by atoms with Gasteiger partial charge in [-0.1, -0.05) is 12.1 Å². The third kappa shape index (κ3) is 3.79. The SMILES string of the molecule is C[C@@H](NC(=O)Nc1sccc1C(=O)O)c1cccc(F)c1. The van der Waals surface area contributed by atoms with E-state index >= 15 is 0 Å². The van der Waals surface area contributed by atoms with Crippen molar-refractivity contribution in [3.63, 3.8) is 0 Å². The highest BCUT2D eigenvalue weighted by atomic mass is 32.1. The zero-order chi connectivity index (χ0) is 15.4. The lowest BCUT2D eigenvalue weighted by atomic mass is 10.1. The molecule has 7 heteroatoms. The van der Waals surface area contributed by atoms with Crippen LogP contribution in [0.5, 0.6) is 0 Å². The molecule has 1 atom stereocenters. The molecule has 0 saturated heterocycles. The van der Waals surface area contributed by atoms with Crippen molar-refractivity contribution in [1.29, 1.82) is 0 Å². The van der Waals surface area contributed by atoms with E-state index in [0.29, 0.717) is 5.56 Å². The lowest BCUT2D eigenvalue weighted by Crippen LogP contribution is -2.31. The predicted molar refractivity (Wildman–Crippen MR) is 78.2 cm³/mol. The van der Waals surface area contributed by atoms with Gasteiger partial charge in [-0.15, -0.1) is 11.3 Å². The van der Waals surface area contributed by atoms with Crippen molar-refractivity contribution >= 4 is 28.3 Å². The summed E-state index contributed by atoms with van der Waals surface area (Å²) >= 11 is 1.12. The molecular formula is C14H13FN2O3S. The molecule has 0 saturated carbocycles. The number of carbonyl (C=O) groups is 2. The van der Waals surface area contributed by atoms with E-state index in [1.807, 2.05) is 0 Å². The number of carboxylic acid groups (broad SMARTS) is 1. The van der Waals surface area contributed by atoms with Crippen LogP contribution in [0, 0.1) is 5.82 Å². The van der Waals surface area contributed by atoms with Crippen LogP contribution in [0.2, 0.25) is 0 Å². The molecule has 1 aromatic heterocycles. The first kappa shape index (κ1) is 15.0. The summed E-state index contributed by atoms with van der Waals surface area (Å²) in [5.74, 6) is -1.49. The zero-order valence-corrected chi connectivity index (χ0v) is 11.9. The number of hydrogen-bond acceptors (Lipinski definition) is 3. The number of carbonyl (C=O) groups excluding carboxylic acids is 1. The summed E-state index contributed by atoms with van der Waals surface area (Å²) in [6, 6.07) is 6.37. The van der Waals surface area contributed by atoms with Crippen molar-refractivity contribution in [2.75, 3.05) is 5.32 Å². The monoisotopic (exact) mass is 308 g/mol. The van der Waals surface area contributed by atoms with E-state index in [-0.39, 0.29) is 16.4 Å². The summed E-state index contributed by atoms with van der Waals surface area (Å²) in [5, 5.41) is 15.9. The molecule has 0 radical (unpaired) electrons. The lowest BCUT2D eigenvalue weighted by molar-refractivity contribution is 0.0698. The standard InChI is InChI=1S/C14H13FN2O3S/c1-8(9-3-2-4-10(15)7-9)16-14(20)17-12-11(13(18)19)5-6-21-12/h2-8H,1H3,(H,18,19)(H2,16,17,20)/t8-/m1/s1. The number of aromatic carboxylic acids is 1. The van der Waals surface area contributed by atoms with Crippen LogP contribution >= 0.6 is 11.3 Å². The molecule has 0 aliphatic heterocycles. The van der Waals surface area contributed by atoms with Gasteiger partial charge in [-0.05, 0) is 36.1 Å². The number of carboxylic acids is 1. The van der Waals surface area contributed by atoms with Gasteiger partial charge in [0.05, 0.1) is 11.6 Å². The maximum absolute atomic E-state index is 13.1. The number of nitrogens with one attached hydrogen (secondary N) is 2. The maximum atomic E-state index is 13.1. The Morgan fingerprint density at radius 3 is 2.76 bits per heavy atom. The van der Waals surface area contributed by atoms with Crippen LogP contribution in [-0.4, -0.2) is 17.1 Å². The van der Waals surface area contributed by atoms with E-state index in [9.17, 15) is 14.0 Å². The number of rotatable bonds is 4. The van der Waals surface area contributed by atoms with Gasteiger partial charge in [0.25, 0.3) is 0 Å². The highest BCUT2D eigenvalue weighted by Crippen LogP contribution is 2.23. The van der Waals surface area contributed by atoms with Crippen LogP contribution in [0.3, 0.4) is 0 Å². The molecule has 3 N–H and O–H groups in total. The average Bonchev–Trinajstić information content (AvgIpc) is 2.86. The van der Waals surface area contributed by atoms with Gasteiger partial charge in [-0.25, -0.2) is 14.0 Å². The number of thiophene rings is 1. The predicted octanol–water partition coefficient (Wildman–Crippen LogP) is 3.47. The van der Waals surface area contributed by atoms with Gasteiger partial charge in [-0.3, -0.25) is 5.32 Å². The van der Waals surface area contributed by atoms with E-state index in [0.717, 1.165) is 11.3 Å². The minimum absolute atomic E-state index is 0.0357. The van der Waals surface area contributed by atoms with Crippen LogP contribution in [0.4, 0.5) is 14.2 Å². The molecule has 1 aromatic carbocycles. The number of anilines is 1. The molecule has 0 bridgehead atoms. The van der Waals surface area contributed by atoms with E-state index in [2.05, 4.69) is 10.6 Å². The third-order valence-electron chi connectivity index (χ3n) is 2.82. The smallest absolute Gasteiger partial charge is 0.338 e. The number of urea groups is 1. The van der Waals surface area contributed by atoms with Gasteiger partial charge in [0.1, 0.15) is 10.8 Å². The Hall–Kier alpha value is -2.41. The molecule has 0 fully saturated rings. The molecule has 0 unspecified atom stereocenters. The number of amides is 2. The first-order valence-corrected chi connectivity index (χ1v) is 6.99. The normalized spacial score (nSPS) is 11.7. The largest absolute Gasteiger partial charge is 0.478 e.